The van der Waals surface area contributed by atoms with Crippen molar-refractivity contribution in [2.24, 2.45) is 0 Å². The molecule has 1 aromatic carbocycles. The lowest BCUT2D eigenvalue weighted by molar-refractivity contribution is -0.118. The van der Waals surface area contributed by atoms with Crippen LogP contribution < -0.4 is 10.1 Å². The summed E-state index contributed by atoms with van der Waals surface area (Å²) < 4.78 is 12.7. The molecule has 1 aliphatic carbocycles. The second-order valence-corrected chi connectivity index (χ2v) is 9.67. The summed E-state index contributed by atoms with van der Waals surface area (Å²) in [5.74, 6) is 0.879. The van der Waals surface area contributed by atoms with Gasteiger partial charge in [-0.3, -0.25) is 4.79 Å². The molecule has 0 aliphatic heterocycles. The van der Waals surface area contributed by atoms with E-state index in [1.165, 1.54) is 11.3 Å². The second kappa shape index (κ2) is 11.7. The lowest BCUT2D eigenvalue weighted by Crippen LogP contribution is -2.33. The zero-order valence-corrected chi connectivity index (χ0v) is 20.5. The van der Waals surface area contributed by atoms with Gasteiger partial charge in [-0.25, -0.2) is 9.78 Å². The summed E-state index contributed by atoms with van der Waals surface area (Å²) in [6.07, 6.45) is 7.74. The van der Waals surface area contributed by atoms with Crippen LogP contribution in [0.1, 0.15) is 39.3 Å². The van der Waals surface area contributed by atoms with Gasteiger partial charge >= 0.3 is 6.09 Å². The van der Waals surface area contributed by atoms with E-state index in [0.717, 1.165) is 26.6 Å². The number of ketones is 1. The van der Waals surface area contributed by atoms with Crippen molar-refractivity contribution in [3.63, 3.8) is 0 Å². The zero-order chi connectivity index (χ0) is 24.6. The first-order chi connectivity index (χ1) is 17.1. The van der Waals surface area contributed by atoms with E-state index in [1.807, 2.05) is 35.0 Å². The van der Waals surface area contributed by atoms with Crippen LogP contribution in [0.3, 0.4) is 0 Å². The van der Waals surface area contributed by atoms with Crippen LogP contribution in [0.25, 0.3) is 0 Å². The molecule has 1 aliphatic rings. The lowest BCUT2D eigenvalue weighted by Gasteiger charge is -2.22. The molecule has 0 bridgehead atoms. The molecule has 2 heterocycles. The number of rotatable bonds is 10. The van der Waals surface area contributed by atoms with Crippen LogP contribution in [-0.2, 0) is 41.8 Å². The standard InChI is InChI=1S/C26H28N4O4S/c1-33-20-4-2-3-18(13-20)5-6-19(31)14-24-23(16-27)22-8-7-21(15-25(22)35-24)34-26(32)29-10-12-30-11-9-28-17-30/h2-4,9,11,13,17,21H,5-8,10,12,14-15H2,1H3,(H,29,32). The van der Waals surface area contributed by atoms with E-state index in [4.69, 9.17) is 9.47 Å². The number of carbonyl (C=O) groups excluding carboxylic acids is 2. The molecular formula is C26H28N4O4S. The number of Topliss-reactive ketones (excluding diaryl/α,β-unsaturated/α-hetero) is 1. The molecule has 0 saturated heterocycles. The van der Waals surface area contributed by atoms with Crippen LogP contribution in [-0.4, -0.2) is 41.2 Å². The molecule has 8 nitrogen and oxygen atoms in total. The Morgan fingerprint density at radius 1 is 1.37 bits per heavy atom. The zero-order valence-electron chi connectivity index (χ0n) is 19.7. The molecule has 0 fully saturated rings. The van der Waals surface area contributed by atoms with Crippen molar-refractivity contribution < 1.29 is 19.1 Å². The van der Waals surface area contributed by atoms with Gasteiger partial charge < -0.3 is 19.4 Å². The Balaban J connectivity index is 1.30. The number of nitriles is 1. The van der Waals surface area contributed by atoms with Crippen molar-refractivity contribution in [1.82, 2.24) is 14.9 Å². The summed E-state index contributed by atoms with van der Waals surface area (Å²) in [6, 6.07) is 10.0. The van der Waals surface area contributed by atoms with E-state index in [1.54, 1.807) is 19.6 Å². The summed E-state index contributed by atoms with van der Waals surface area (Å²) >= 11 is 1.50. The first-order valence-corrected chi connectivity index (χ1v) is 12.5. The van der Waals surface area contributed by atoms with E-state index in [-0.39, 0.29) is 18.3 Å². The van der Waals surface area contributed by atoms with Gasteiger partial charge in [0, 0.05) is 54.5 Å². The number of hydrogen-bond donors (Lipinski definition) is 1. The van der Waals surface area contributed by atoms with E-state index in [9.17, 15) is 14.9 Å². The van der Waals surface area contributed by atoms with E-state index in [0.29, 0.717) is 50.8 Å². The van der Waals surface area contributed by atoms with Crippen LogP contribution in [0.15, 0.2) is 43.0 Å². The largest absolute Gasteiger partial charge is 0.497 e. The average Bonchev–Trinajstić information content (AvgIpc) is 3.50. The quantitative estimate of drug-likeness (QED) is 0.461. The monoisotopic (exact) mass is 492 g/mol. The fourth-order valence-corrected chi connectivity index (χ4v) is 5.64. The highest BCUT2D eigenvalue weighted by atomic mass is 32.1. The van der Waals surface area contributed by atoms with Gasteiger partial charge in [-0.1, -0.05) is 12.1 Å². The number of nitrogens with zero attached hydrogens (tertiary/aromatic N) is 3. The van der Waals surface area contributed by atoms with Gasteiger partial charge in [0.2, 0.25) is 0 Å². The van der Waals surface area contributed by atoms with Gasteiger partial charge in [-0.15, -0.1) is 11.3 Å². The number of ether oxygens (including phenoxy) is 2. The molecule has 4 rings (SSSR count). The summed E-state index contributed by atoms with van der Waals surface area (Å²) in [5.41, 5.74) is 2.68. The Labute approximate surface area is 208 Å². The number of aromatic nitrogens is 2. The van der Waals surface area contributed by atoms with Gasteiger partial charge in [-0.05, 0) is 42.5 Å². The fourth-order valence-electron chi connectivity index (χ4n) is 4.25. The van der Waals surface area contributed by atoms with Gasteiger partial charge in [0.05, 0.1) is 19.0 Å². The number of amides is 1. The third-order valence-electron chi connectivity index (χ3n) is 6.06. The minimum Gasteiger partial charge on any atom is -0.497 e. The molecule has 1 unspecified atom stereocenters. The normalized spacial score (nSPS) is 14.6. The van der Waals surface area contributed by atoms with Crippen LogP contribution in [0, 0.1) is 11.3 Å². The molecule has 0 saturated carbocycles. The first kappa shape index (κ1) is 24.5. The number of thiophene rings is 1. The number of imidazole rings is 1. The van der Waals surface area contributed by atoms with Crippen molar-refractivity contribution in [3.05, 3.63) is 69.4 Å². The van der Waals surface area contributed by atoms with Crippen LogP contribution in [0.4, 0.5) is 4.79 Å². The minimum atomic E-state index is -0.441. The molecule has 1 amide bonds. The smallest absolute Gasteiger partial charge is 0.407 e. The number of aryl methyl sites for hydroxylation is 1. The second-order valence-electron chi connectivity index (χ2n) is 8.48. The molecule has 9 heteroatoms. The van der Waals surface area contributed by atoms with Crippen LogP contribution >= 0.6 is 11.3 Å². The highest BCUT2D eigenvalue weighted by Gasteiger charge is 2.28. The molecule has 2 aromatic heterocycles. The number of methoxy groups -OCH3 is 1. The van der Waals surface area contributed by atoms with Gasteiger partial charge in [-0.2, -0.15) is 5.26 Å². The molecule has 182 valence electrons. The maximum Gasteiger partial charge on any atom is 0.407 e. The van der Waals surface area contributed by atoms with Crippen LogP contribution in [0.2, 0.25) is 0 Å². The first-order valence-electron chi connectivity index (χ1n) is 11.6. The summed E-state index contributed by atoms with van der Waals surface area (Å²) in [6.45, 7) is 1.07. The number of nitrogens with one attached hydrogen (secondary N) is 1. The number of benzene rings is 1. The van der Waals surface area contributed by atoms with Crippen molar-refractivity contribution >= 4 is 23.2 Å². The highest BCUT2D eigenvalue weighted by molar-refractivity contribution is 7.12. The Kier molecular flexibility index (Phi) is 8.16. The molecule has 0 radical (unpaired) electrons. The molecule has 1 N–H and O–H groups in total. The highest BCUT2D eigenvalue weighted by Crippen LogP contribution is 2.35. The molecule has 1 atom stereocenters. The predicted molar refractivity (Wildman–Crippen MR) is 132 cm³/mol. The SMILES string of the molecule is COc1cccc(CCC(=O)Cc2sc3c(c2C#N)CCC(OC(=O)NCCn2ccnc2)C3)c1. The number of alkyl carbamates (subject to hydrolysis) is 1. The Hall–Kier alpha value is -3.64. The predicted octanol–water partition coefficient (Wildman–Crippen LogP) is 3.85. The molecular weight excluding hydrogens is 464 g/mol. The lowest BCUT2D eigenvalue weighted by atomic mass is 9.92. The van der Waals surface area contributed by atoms with Gasteiger partial charge in [0.15, 0.2) is 0 Å². The van der Waals surface area contributed by atoms with Crippen molar-refractivity contribution in [2.75, 3.05) is 13.7 Å². The third kappa shape index (κ3) is 6.49. The van der Waals surface area contributed by atoms with Gasteiger partial charge in [0.25, 0.3) is 0 Å². The summed E-state index contributed by atoms with van der Waals surface area (Å²) in [7, 11) is 1.62. The van der Waals surface area contributed by atoms with Crippen molar-refractivity contribution in [1.29, 1.82) is 5.26 Å². The Bertz CT molecular complexity index is 1210. The molecule has 3 aromatic rings. The molecule has 0 spiro atoms. The maximum atomic E-state index is 12.7. The van der Waals surface area contributed by atoms with Crippen molar-refractivity contribution in [2.45, 2.75) is 51.2 Å². The Morgan fingerprint density at radius 3 is 3.03 bits per heavy atom. The topological polar surface area (TPSA) is 106 Å². The maximum absolute atomic E-state index is 12.7. The van der Waals surface area contributed by atoms with E-state index in [2.05, 4.69) is 16.4 Å². The third-order valence-corrected chi connectivity index (χ3v) is 7.32. The van der Waals surface area contributed by atoms with Gasteiger partial charge in [0.1, 0.15) is 23.7 Å². The fraction of sp³-hybridized carbons (Fsp3) is 0.385. The Morgan fingerprint density at radius 2 is 2.26 bits per heavy atom. The average molecular weight is 493 g/mol. The minimum absolute atomic E-state index is 0.105. The van der Waals surface area contributed by atoms with Crippen LogP contribution in [0.5, 0.6) is 5.75 Å². The van der Waals surface area contributed by atoms with E-state index >= 15 is 0 Å². The molecule has 35 heavy (non-hydrogen) atoms. The number of hydrogen-bond acceptors (Lipinski definition) is 7. The van der Waals surface area contributed by atoms with Crippen molar-refractivity contribution in [3.8, 4) is 11.8 Å². The summed E-state index contributed by atoms with van der Waals surface area (Å²) in [4.78, 5) is 30.7. The van der Waals surface area contributed by atoms with E-state index < -0.39 is 6.09 Å². The number of fused-ring (bicyclic) bond motifs is 1. The summed E-state index contributed by atoms with van der Waals surface area (Å²) in [5, 5.41) is 12.5. The number of carbonyl (C=O) groups is 2.